The number of hydrogen-bond acceptors (Lipinski definition) is 6. The molecule has 1 N–H and O–H groups in total. The largest absolute Gasteiger partial charge is 0.496 e. The summed E-state index contributed by atoms with van der Waals surface area (Å²) in [7, 11) is 7.02. The molecular weight excluding hydrogens is 434 g/mol. The van der Waals surface area contributed by atoms with Crippen molar-refractivity contribution in [1.82, 2.24) is 9.80 Å². The number of nitrogens with zero attached hydrogens (tertiary/aromatic N) is 2. The van der Waals surface area contributed by atoms with Gasteiger partial charge in [-0.05, 0) is 50.2 Å². The predicted molar refractivity (Wildman–Crippen MR) is 132 cm³/mol. The zero-order chi connectivity index (χ0) is 24.8. The molecule has 0 saturated carbocycles. The van der Waals surface area contributed by atoms with Gasteiger partial charge < -0.3 is 24.4 Å². The monoisotopic (exact) mass is 469 g/mol. The van der Waals surface area contributed by atoms with E-state index in [1.807, 2.05) is 0 Å². The molecular formula is C26H35N3O5. The van der Waals surface area contributed by atoms with Gasteiger partial charge in [-0.2, -0.15) is 0 Å². The van der Waals surface area contributed by atoms with Gasteiger partial charge in [0.2, 0.25) is 0 Å². The second kappa shape index (κ2) is 11.4. The lowest BCUT2D eigenvalue weighted by atomic mass is 10.0. The predicted octanol–water partition coefficient (Wildman–Crippen LogP) is 3.38. The summed E-state index contributed by atoms with van der Waals surface area (Å²) in [6.07, 6.45) is -0.110. The Hall–Kier alpha value is -3.10. The molecule has 8 nitrogen and oxygen atoms in total. The minimum Gasteiger partial charge on any atom is -0.496 e. The fourth-order valence-corrected chi connectivity index (χ4v) is 4.07. The van der Waals surface area contributed by atoms with Gasteiger partial charge in [0.25, 0.3) is 11.8 Å². The molecule has 2 amide bonds. The lowest BCUT2D eigenvalue weighted by molar-refractivity contribution is 0.0150. The van der Waals surface area contributed by atoms with Crippen molar-refractivity contribution in [2.75, 3.05) is 53.3 Å². The number of fused-ring (bicyclic) bond motifs is 1. The van der Waals surface area contributed by atoms with Crippen LogP contribution in [0.25, 0.3) is 0 Å². The zero-order valence-corrected chi connectivity index (χ0v) is 20.8. The average Bonchev–Trinajstić information content (AvgIpc) is 2.84. The van der Waals surface area contributed by atoms with Crippen molar-refractivity contribution in [3.05, 3.63) is 53.6 Å². The zero-order valence-electron chi connectivity index (χ0n) is 20.8. The van der Waals surface area contributed by atoms with Crippen LogP contribution in [0.2, 0.25) is 0 Å². The van der Waals surface area contributed by atoms with E-state index < -0.39 is 0 Å². The van der Waals surface area contributed by atoms with Gasteiger partial charge in [-0.15, -0.1) is 0 Å². The summed E-state index contributed by atoms with van der Waals surface area (Å²) < 4.78 is 17.1. The van der Waals surface area contributed by atoms with E-state index in [1.165, 1.54) is 7.11 Å². The maximum atomic E-state index is 13.4. The molecule has 0 bridgehead atoms. The lowest BCUT2D eigenvalue weighted by Gasteiger charge is -2.34. The summed E-state index contributed by atoms with van der Waals surface area (Å²) in [5, 5.41) is 2.87. The van der Waals surface area contributed by atoms with E-state index in [2.05, 4.69) is 31.1 Å². The van der Waals surface area contributed by atoms with Crippen molar-refractivity contribution in [3.63, 3.8) is 0 Å². The Kier molecular flexibility index (Phi) is 8.52. The average molecular weight is 470 g/mol. The Morgan fingerprint density at radius 1 is 1.09 bits per heavy atom. The van der Waals surface area contributed by atoms with Gasteiger partial charge in [0.05, 0.1) is 24.3 Å². The van der Waals surface area contributed by atoms with Crippen LogP contribution in [0.4, 0.5) is 5.69 Å². The third-order valence-corrected chi connectivity index (χ3v) is 6.37. The molecule has 0 aliphatic carbocycles. The van der Waals surface area contributed by atoms with Crippen molar-refractivity contribution >= 4 is 17.5 Å². The van der Waals surface area contributed by atoms with Gasteiger partial charge in [-0.3, -0.25) is 14.5 Å². The minimum atomic E-state index is -0.323. The third kappa shape index (κ3) is 5.87. The van der Waals surface area contributed by atoms with E-state index in [4.69, 9.17) is 14.2 Å². The highest BCUT2D eigenvalue weighted by molar-refractivity contribution is 6.07. The molecule has 0 fully saturated rings. The van der Waals surface area contributed by atoms with Crippen LogP contribution >= 0.6 is 0 Å². The summed E-state index contributed by atoms with van der Waals surface area (Å²) in [6.45, 7) is 5.91. The Labute approximate surface area is 201 Å². The summed E-state index contributed by atoms with van der Waals surface area (Å²) in [5.41, 5.74) is 1.29. The maximum Gasteiger partial charge on any atom is 0.259 e. The maximum absolute atomic E-state index is 13.4. The van der Waals surface area contributed by atoms with E-state index in [1.54, 1.807) is 61.5 Å². The summed E-state index contributed by atoms with van der Waals surface area (Å²) >= 11 is 0. The van der Waals surface area contributed by atoms with E-state index in [9.17, 15) is 9.59 Å². The number of likely N-dealkylation sites (N-methyl/N-ethyl adjacent to an activating group) is 2. The number of carbonyl (C=O) groups excluding carboxylic acids is 2. The number of para-hydroxylation sites is 1. The van der Waals surface area contributed by atoms with Crippen LogP contribution in [-0.2, 0) is 4.74 Å². The van der Waals surface area contributed by atoms with Gasteiger partial charge in [-0.25, -0.2) is 0 Å². The highest BCUT2D eigenvalue weighted by Crippen LogP contribution is 2.27. The van der Waals surface area contributed by atoms with Crippen LogP contribution in [0.1, 0.15) is 34.6 Å². The van der Waals surface area contributed by atoms with Gasteiger partial charge in [0, 0.05) is 39.0 Å². The lowest BCUT2D eigenvalue weighted by Crippen LogP contribution is -2.45. The number of hydrogen-bond donors (Lipinski definition) is 1. The highest BCUT2D eigenvalue weighted by atomic mass is 16.5. The van der Waals surface area contributed by atoms with Crippen LogP contribution in [0.15, 0.2) is 42.5 Å². The van der Waals surface area contributed by atoms with E-state index in [0.717, 1.165) is 6.54 Å². The topological polar surface area (TPSA) is 80.3 Å². The SMILES string of the molecule is COc1ccccc1C(=O)Nc1ccc2c(c1)C(=O)N(C)C[C@H](OC)[C@@H](C)CN(C)[C@@H](C)CO2. The standard InChI is InChI=1S/C26H35N3O5/c1-17-14-28(3)18(2)16-34-23-12-11-19(13-21(23)26(31)29(4)15-24(17)33-6)27-25(30)20-9-7-8-10-22(20)32-5/h7-13,17-18,24H,14-16H2,1-6H3,(H,27,30)/t17-,18-,24-/m0/s1. The van der Waals surface area contributed by atoms with E-state index in [0.29, 0.717) is 41.5 Å². The first-order chi connectivity index (χ1) is 16.2. The van der Waals surface area contributed by atoms with Crippen LogP contribution in [-0.4, -0.2) is 81.8 Å². The molecule has 0 spiro atoms. The third-order valence-electron chi connectivity index (χ3n) is 6.37. The second-order valence-corrected chi connectivity index (χ2v) is 8.90. The van der Waals surface area contributed by atoms with Gasteiger partial charge in [0.1, 0.15) is 18.1 Å². The number of ether oxygens (including phenoxy) is 3. The molecule has 1 heterocycles. The molecule has 34 heavy (non-hydrogen) atoms. The molecule has 3 rings (SSSR count). The number of anilines is 1. The molecule has 0 unspecified atom stereocenters. The number of nitrogens with one attached hydrogen (secondary N) is 1. The van der Waals surface area contributed by atoms with E-state index in [-0.39, 0.29) is 29.9 Å². The molecule has 2 aromatic carbocycles. The van der Waals surface area contributed by atoms with Crippen LogP contribution in [0.3, 0.4) is 0 Å². The Morgan fingerprint density at radius 3 is 2.53 bits per heavy atom. The number of benzene rings is 2. The van der Waals surface area contributed by atoms with Crippen LogP contribution in [0, 0.1) is 5.92 Å². The minimum absolute atomic E-state index is 0.110. The molecule has 1 aliphatic rings. The molecule has 0 radical (unpaired) electrons. The summed E-state index contributed by atoms with van der Waals surface area (Å²) in [4.78, 5) is 30.2. The second-order valence-electron chi connectivity index (χ2n) is 8.90. The highest BCUT2D eigenvalue weighted by Gasteiger charge is 2.27. The van der Waals surface area contributed by atoms with Crippen molar-refractivity contribution in [2.45, 2.75) is 26.0 Å². The van der Waals surface area contributed by atoms with Crippen molar-refractivity contribution < 1.29 is 23.8 Å². The molecule has 184 valence electrons. The number of rotatable bonds is 4. The smallest absolute Gasteiger partial charge is 0.259 e. The number of carbonyl (C=O) groups is 2. The fraction of sp³-hybridized carbons (Fsp3) is 0.462. The normalized spacial score (nSPS) is 22.1. The first-order valence-electron chi connectivity index (χ1n) is 11.4. The molecule has 8 heteroatoms. The Bertz CT molecular complexity index is 1010. The van der Waals surface area contributed by atoms with Crippen LogP contribution in [0.5, 0.6) is 11.5 Å². The molecule has 3 atom stereocenters. The molecule has 0 saturated heterocycles. The van der Waals surface area contributed by atoms with Gasteiger partial charge in [-0.1, -0.05) is 19.1 Å². The van der Waals surface area contributed by atoms with Crippen molar-refractivity contribution in [3.8, 4) is 11.5 Å². The molecule has 1 aliphatic heterocycles. The summed E-state index contributed by atoms with van der Waals surface area (Å²) in [6, 6.07) is 12.3. The van der Waals surface area contributed by atoms with Crippen molar-refractivity contribution in [2.24, 2.45) is 5.92 Å². The Balaban J connectivity index is 1.92. The number of amides is 2. The fourth-order valence-electron chi connectivity index (χ4n) is 4.07. The van der Waals surface area contributed by atoms with Gasteiger partial charge >= 0.3 is 0 Å². The van der Waals surface area contributed by atoms with Crippen LogP contribution < -0.4 is 14.8 Å². The quantitative estimate of drug-likeness (QED) is 0.740. The van der Waals surface area contributed by atoms with E-state index >= 15 is 0 Å². The Morgan fingerprint density at radius 2 is 1.82 bits per heavy atom. The van der Waals surface area contributed by atoms with Gasteiger partial charge in [0.15, 0.2) is 0 Å². The first-order valence-corrected chi connectivity index (χ1v) is 11.4. The first kappa shape index (κ1) is 25.5. The molecule has 0 aromatic heterocycles. The van der Waals surface area contributed by atoms with Crippen molar-refractivity contribution in [1.29, 1.82) is 0 Å². The summed E-state index contributed by atoms with van der Waals surface area (Å²) in [5.74, 6) is 0.659. The number of methoxy groups -OCH3 is 2. The molecule has 2 aromatic rings.